The lowest BCUT2D eigenvalue weighted by Gasteiger charge is -2.34. The minimum Gasteiger partial charge on any atom is -0.496 e. The maximum Gasteiger partial charge on any atom is 0.269 e. The van der Waals surface area contributed by atoms with E-state index in [1.54, 1.807) is 24.3 Å². The lowest BCUT2D eigenvalue weighted by atomic mass is 10.1. The molecule has 3 rings (SSSR count). The van der Waals surface area contributed by atoms with Crippen molar-refractivity contribution in [3.05, 3.63) is 53.9 Å². The monoisotopic (exact) mass is 368 g/mol. The number of para-hydroxylation sites is 1. The molecule has 0 unspecified atom stereocenters. The molecule has 0 saturated carbocycles. The van der Waals surface area contributed by atoms with Gasteiger partial charge in [-0.2, -0.15) is 0 Å². The van der Waals surface area contributed by atoms with E-state index in [4.69, 9.17) is 4.74 Å². The Balaban J connectivity index is 1.56. The molecule has 27 heavy (non-hydrogen) atoms. The molecule has 0 atom stereocenters. The molecule has 2 heterocycles. The minimum absolute atomic E-state index is 0.196. The first-order valence-electron chi connectivity index (χ1n) is 9.01. The SMILES string of the molecule is COc1ccccc1CCNC(=O)c1cc(N2CCN(C=O)CC2)ccn1. The first kappa shape index (κ1) is 18.7. The van der Waals surface area contributed by atoms with Gasteiger partial charge < -0.3 is 19.9 Å². The van der Waals surface area contributed by atoms with E-state index in [2.05, 4.69) is 15.2 Å². The lowest BCUT2D eigenvalue weighted by Crippen LogP contribution is -2.45. The molecule has 2 aromatic rings. The predicted octanol–water partition coefficient (Wildman–Crippen LogP) is 1.34. The molecule has 1 fully saturated rings. The molecule has 2 amide bonds. The van der Waals surface area contributed by atoms with Crippen LogP contribution in [0.25, 0.3) is 0 Å². The first-order chi connectivity index (χ1) is 13.2. The third-order valence-electron chi connectivity index (χ3n) is 4.68. The third-order valence-corrected chi connectivity index (χ3v) is 4.68. The second kappa shape index (κ2) is 9.02. The highest BCUT2D eigenvalue weighted by Gasteiger charge is 2.17. The van der Waals surface area contributed by atoms with Crippen LogP contribution in [-0.2, 0) is 11.2 Å². The maximum absolute atomic E-state index is 12.4. The highest BCUT2D eigenvalue weighted by Crippen LogP contribution is 2.18. The number of hydrogen-bond acceptors (Lipinski definition) is 5. The average molecular weight is 368 g/mol. The number of hydrogen-bond donors (Lipinski definition) is 1. The van der Waals surface area contributed by atoms with Gasteiger partial charge in [0.25, 0.3) is 5.91 Å². The molecular formula is C20H24N4O3. The Morgan fingerprint density at radius 3 is 2.74 bits per heavy atom. The van der Waals surface area contributed by atoms with Crippen LogP contribution in [0.2, 0.25) is 0 Å². The van der Waals surface area contributed by atoms with Crippen LogP contribution in [-0.4, -0.2) is 62.0 Å². The van der Waals surface area contributed by atoms with E-state index in [0.29, 0.717) is 31.7 Å². The zero-order valence-corrected chi connectivity index (χ0v) is 15.4. The van der Waals surface area contributed by atoms with Gasteiger partial charge in [0.2, 0.25) is 6.41 Å². The number of amides is 2. The number of carbonyl (C=O) groups is 2. The number of carbonyl (C=O) groups excluding carboxylic acids is 2. The van der Waals surface area contributed by atoms with Crippen molar-refractivity contribution in [2.24, 2.45) is 0 Å². The lowest BCUT2D eigenvalue weighted by molar-refractivity contribution is -0.118. The average Bonchev–Trinajstić information content (AvgIpc) is 2.74. The molecule has 7 heteroatoms. The fraction of sp³-hybridized carbons (Fsp3) is 0.350. The second-order valence-corrected chi connectivity index (χ2v) is 6.35. The topological polar surface area (TPSA) is 74.8 Å². The van der Waals surface area contributed by atoms with Crippen molar-refractivity contribution in [2.75, 3.05) is 44.7 Å². The van der Waals surface area contributed by atoms with E-state index in [9.17, 15) is 9.59 Å². The van der Waals surface area contributed by atoms with Crippen LogP contribution in [0.15, 0.2) is 42.6 Å². The van der Waals surface area contributed by atoms with Crippen molar-refractivity contribution in [1.29, 1.82) is 0 Å². The van der Waals surface area contributed by atoms with E-state index in [1.807, 2.05) is 30.3 Å². The quantitative estimate of drug-likeness (QED) is 0.747. The first-order valence-corrected chi connectivity index (χ1v) is 9.01. The van der Waals surface area contributed by atoms with E-state index >= 15 is 0 Å². The molecule has 1 aromatic heterocycles. The summed E-state index contributed by atoms with van der Waals surface area (Å²) >= 11 is 0. The molecule has 0 aliphatic carbocycles. The number of aromatic nitrogens is 1. The summed E-state index contributed by atoms with van der Waals surface area (Å²) in [7, 11) is 1.64. The van der Waals surface area contributed by atoms with Crippen LogP contribution in [0, 0.1) is 0 Å². The van der Waals surface area contributed by atoms with Crippen molar-refractivity contribution < 1.29 is 14.3 Å². The summed E-state index contributed by atoms with van der Waals surface area (Å²) in [6.07, 6.45) is 3.21. The normalized spacial score (nSPS) is 14.0. The van der Waals surface area contributed by atoms with Crippen molar-refractivity contribution >= 4 is 18.0 Å². The number of ether oxygens (including phenoxy) is 1. The number of nitrogens with zero attached hydrogens (tertiary/aromatic N) is 3. The highest BCUT2D eigenvalue weighted by atomic mass is 16.5. The Labute approximate surface area is 158 Å². The van der Waals surface area contributed by atoms with Crippen LogP contribution in [0.5, 0.6) is 5.75 Å². The maximum atomic E-state index is 12.4. The summed E-state index contributed by atoms with van der Waals surface area (Å²) in [5.41, 5.74) is 2.39. The van der Waals surface area contributed by atoms with Crippen molar-refractivity contribution in [1.82, 2.24) is 15.2 Å². The van der Waals surface area contributed by atoms with Gasteiger partial charge in [0.15, 0.2) is 0 Å². The molecular weight excluding hydrogens is 344 g/mol. The highest BCUT2D eigenvalue weighted by molar-refractivity contribution is 5.93. The molecule has 1 aromatic carbocycles. The van der Waals surface area contributed by atoms with Gasteiger partial charge in [-0.25, -0.2) is 0 Å². The molecule has 1 aliphatic rings. The summed E-state index contributed by atoms with van der Waals surface area (Å²) in [5.74, 6) is 0.625. The van der Waals surface area contributed by atoms with Crippen LogP contribution < -0.4 is 15.0 Å². The van der Waals surface area contributed by atoms with Gasteiger partial charge >= 0.3 is 0 Å². The fourth-order valence-electron chi connectivity index (χ4n) is 3.14. The van der Waals surface area contributed by atoms with E-state index in [0.717, 1.165) is 36.5 Å². The molecule has 142 valence electrons. The van der Waals surface area contributed by atoms with E-state index in [-0.39, 0.29) is 5.91 Å². The smallest absolute Gasteiger partial charge is 0.269 e. The zero-order chi connectivity index (χ0) is 19.1. The van der Waals surface area contributed by atoms with Crippen molar-refractivity contribution in [3.63, 3.8) is 0 Å². The summed E-state index contributed by atoms with van der Waals surface area (Å²) in [4.78, 5) is 31.4. The molecule has 0 bridgehead atoms. The number of pyridine rings is 1. The summed E-state index contributed by atoms with van der Waals surface area (Å²) < 4.78 is 5.33. The second-order valence-electron chi connectivity index (χ2n) is 6.35. The number of anilines is 1. The molecule has 7 nitrogen and oxygen atoms in total. The number of piperazine rings is 1. The third kappa shape index (κ3) is 4.75. The van der Waals surface area contributed by atoms with Gasteiger partial charge in [0.05, 0.1) is 7.11 Å². The van der Waals surface area contributed by atoms with Crippen LogP contribution >= 0.6 is 0 Å². The predicted molar refractivity (Wildman–Crippen MR) is 103 cm³/mol. The molecule has 1 saturated heterocycles. The van der Waals surface area contributed by atoms with Gasteiger partial charge in [-0.15, -0.1) is 0 Å². The molecule has 0 radical (unpaired) electrons. The van der Waals surface area contributed by atoms with Crippen LogP contribution in [0.1, 0.15) is 16.1 Å². The number of methoxy groups -OCH3 is 1. The van der Waals surface area contributed by atoms with Crippen LogP contribution in [0.4, 0.5) is 5.69 Å². The molecule has 1 N–H and O–H groups in total. The van der Waals surface area contributed by atoms with Gasteiger partial charge in [-0.1, -0.05) is 18.2 Å². The van der Waals surface area contributed by atoms with Crippen LogP contribution in [0.3, 0.4) is 0 Å². The standard InChI is InChI=1S/C20H24N4O3/c1-27-19-5-3-2-4-16(19)6-8-22-20(26)18-14-17(7-9-21-18)24-12-10-23(15-25)11-13-24/h2-5,7,9,14-15H,6,8,10-13H2,1H3,(H,22,26). The minimum atomic E-state index is -0.196. The molecule has 1 aliphatic heterocycles. The largest absolute Gasteiger partial charge is 0.496 e. The van der Waals surface area contributed by atoms with E-state index < -0.39 is 0 Å². The van der Waals surface area contributed by atoms with Gasteiger partial charge in [0.1, 0.15) is 11.4 Å². The fourth-order valence-corrected chi connectivity index (χ4v) is 3.14. The molecule has 0 spiro atoms. The van der Waals surface area contributed by atoms with Crippen molar-refractivity contribution in [2.45, 2.75) is 6.42 Å². The van der Waals surface area contributed by atoms with Gasteiger partial charge in [0, 0.05) is 44.6 Å². The summed E-state index contributed by atoms with van der Waals surface area (Å²) in [6, 6.07) is 11.5. The Morgan fingerprint density at radius 2 is 2.00 bits per heavy atom. The van der Waals surface area contributed by atoms with E-state index in [1.165, 1.54) is 0 Å². The summed E-state index contributed by atoms with van der Waals surface area (Å²) in [6.45, 7) is 3.37. The van der Waals surface area contributed by atoms with Gasteiger partial charge in [-0.05, 0) is 30.2 Å². The Morgan fingerprint density at radius 1 is 1.22 bits per heavy atom. The summed E-state index contributed by atoms with van der Waals surface area (Å²) in [5, 5.41) is 2.92. The van der Waals surface area contributed by atoms with Gasteiger partial charge in [-0.3, -0.25) is 14.6 Å². The Hall–Kier alpha value is -3.09. The number of rotatable bonds is 7. The number of nitrogens with one attached hydrogen (secondary N) is 1. The Kier molecular flexibility index (Phi) is 6.25. The van der Waals surface area contributed by atoms with Crippen molar-refractivity contribution in [3.8, 4) is 5.75 Å². The Bertz CT molecular complexity index is 788. The number of benzene rings is 1. The zero-order valence-electron chi connectivity index (χ0n) is 15.4.